The van der Waals surface area contributed by atoms with Crippen molar-refractivity contribution in [3.05, 3.63) is 28.6 Å². The van der Waals surface area contributed by atoms with Crippen LogP contribution < -0.4 is 5.32 Å². The number of rotatable bonds is 6. The van der Waals surface area contributed by atoms with Crippen LogP contribution >= 0.6 is 0 Å². The number of nitrogens with zero attached hydrogens (tertiary/aromatic N) is 2. The maximum Gasteiger partial charge on any atom is 0.310 e. The Hall–Kier alpha value is -2.18. The first-order valence-corrected chi connectivity index (χ1v) is 5.07. The second kappa shape index (κ2) is 5.78. The summed E-state index contributed by atoms with van der Waals surface area (Å²) in [7, 11) is 0. The Labute approximate surface area is 97.6 Å². The van der Waals surface area contributed by atoms with Gasteiger partial charge in [-0.15, -0.1) is 0 Å². The van der Waals surface area contributed by atoms with Gasteiger partial charge in [0.25, 0.3) is 0 Å². The zero-order valence-corrected chi connectivity index (χ0v) is 9.29. The summed E-state index contributed by atoms with van der Waals surface area (Å²) in [5.74, 6) is -1.36. The van der Waals surface area contributed by atoms with Crippen LogP contribution in [0.1, 0.15) is 13.3 Å². The van der Waals surface area contributed by atoms with Crippen molar-refractivity contribution in [2.75, 3.05) is 11.9 Å². The monoisotopic (exact) mass is 239 g/mol. The maximum absolute atomic E-state index is 10.7. The molecule has 1 rings (SSSR count). The lowest BCUT2D eigenvalue weighted by Crippen LogP contribution is -2.14. The number of nitro groups is 1. The Balaban J connectivity index is 2.58. The topological polar surface area (TPSA) is 105 Å². The molecule has 0 aliphatic carbocycles. The zero-order valence-electron chi connectivity index (χ0n) is 9.29. The summed E-state index contributed by atoms with van der Waals surface area (Å²) in [6, 6.07) is 1.49. The Morgan fingerprint density at radius 3 is 3.00 bits per heavy atom. The second-order valence-corrected chi connectivity index (χ2v) is 3.60. The van der Waals surface area contributed by atoms with Gasteiger partial charge >= 0.3 is 11.7 Å². The van der Waals surface area contributed by atoms with E-state index in [0.717, 1.165) is 6.20 Å². The van der Waals surface area contributed by atoms with Gasteiger partial charge in [-0.3, -0.25) is 19.9 Å². The first kappa shape index (κ1) is 12.9. The van der Waals surface area contributed by atoms with E-state index in [-0.39, 0.29) is 5.69 Å². The van der Waals surface area contributed by atoms with Gasteiger partial charge in [-0.05, 0) is 12.5 Å². The van der Waals surface area contributed by atoms with Crippen molar-refractivity contribution in [3.63, 3.8) is 0 Å². The molecule has 2 N–H and O–H groups in total. The molecule has 1 unspecified atom stereocenters. The van der Waals surface area contributed by atoms with Crippen molar-refractivity contribution < 1.29 is 14.8 Å². The molecule has 1 aromatic rings. The van der Waals surface area contributed by atoms with E-state index in [9.17, 15) is 14.9 Å². The van der Waals surface area contributed by atoms with E-state index in [4.69, 9.17) is 5.11 Å². The molecule has 0 bridgehead atoms. The molecule has 0 saturated carbocycles. The zero-order chi connectivity index (χ0) is 12.8. The molecule has 0 spiro atoms. The maximum atomic E-state index is 10.7. The fraction of sp³-hybridized carbons (Fsp3) is 0.400. The van der Waals surface area contributed by atoms with Crippen molar-refractivity contribution in [2.45, 2.75) is 13.3 Å². The molecule has 0 amide bonds. The fourth-order valence-corrected chi connectivity index (χ4v) is 1.23. The van der Waals surface area contributed by atoms with Crippen molar-refractivity contribution in [1.29, 1.82) is 0 Å². The van der Waals surface area contributed by atoms with Crippen LogP contribution in [0, 0.1) is 16.0 Å². The Morgan fingerprint density at radius 2 is 2.41 bits per heavy atom. The molecule has 17 heavy (non-hydrogen) atoms. The van der Waals surface area contributed by atoms with Gasteiger partial charge < -0.3 is 10.4 Å². The number of hydrogen-bond acceptors (Lipinski definition) is 5. The highest BCUT2D eigenvalue weighted by atomic mass is 16.6. The standard InChI is InChI=1S/C10H13N3O4/c1-7(10(14)15)2-5-12-8-3-4-11-6-9(8)13(16)17/h3-4,6-7H,2,5H2,1H3,(H,11,12)(H,14,15). The van der Waals surface area contributed by atoms with Crippen LogP contribution in [0.15, 0.2) is 18.5 Å². The smallest absolute Gasteiger partial charge is 0.310 e. The molecular weight excluding hydrogens is 226 g/mol. The third-order valence-corrected chi connectivity index (χ3v) is 2.31. The van der Waals surface area contributed by atoms with Gasteiger partial charge in [0.15, 0.2) is 0 Å². The first-order valence-electron chi connectivity index (χ1n) is 5.07. The predicted molar refractivity (Wildman–Crippen MR) is 60.8 cm³/mol. The molecule has 1 aromatic heterocycles. The van der Waals surface area contributed by atoms with Gasteiger partial charge in [-0.1, -0.05) is 6.92 Å². The molecular formula is C10H13N3O4. The highest BCUT2D eigenvalue weighted by Crippen LogP contribution is 2.21. The quantitative estimate of drug-likeness (QED) is 0.575. The summed E-state index contributed by atoms with van der Waals surface area (Å²) in [5, 5.41) is 22.2. The van der Waals surface area contributed by atoms with Crippen molar-refractivity contribution in [3.8, 4) is 0 Å². The number of anilines is 1. The summed E-state index contributed by atoms with van der Waals surface area (Å²) < 4.78 is 0. The number of aromatic nitrogens is 1. The molecule has 0 saturated heterocycles. The van der Waals surface area contributed by atoms with Crippen molar-refractivity contribution >= 4 is 17.3 Å². The summed E-state index contributed by atoms with van der Waals surface area (Å²) in [4.78, 5) is 24.4. The van der Waals surface area contributed by atoms with E-state index in [1.54, 1.807) is 6.92 Å². The van der Waals surface area contributed by atoms with E-state index in [1.807, 2.05) is 0 Å². The summed E-state index contributed by atoms with van der Waals surface area (Å²) >= 11 is 0. The minimum Gasteiger partial charge on any atom is -0.481 e. The third-order valence-electron chi connectivity index (χ3n) is 2.31. The average molecular weight is 239 g/mol. The number of nitrogens with one attached hydrogen (secondary N) is 1. The predicted octanol–water partition coefficient (Wildman–Crippen LogP) is 1.51. The van der Waals surface area contributed by atoms with Crippen LogP contribution in [0.3, 0.4) is 0 Å². The molecule has 7 heteroatoms. The number of aliphatic carboxylic acids is 1. The Morgan fingerprint density at radius 1 is 1.71 bits per heavy atom. The van der Waals surface area contributed by atoms with Crippen LogP contribution in [0.25, 0.3) is 0 Å². The summed E-state index contributed by atoms with van der Waals surface area (Å²) in [5.41, 5.74) is 0.234. The highest BCUT2D eigenvalue weighted by Gasteiger charge is 2.14. The van der Waals surface area contributed by atoms with Crippen LogP contribution in [-0.2, 0) is 4.79 Å². The van der Waals surface area contributed by atoms with Crippen molar-refractivity contribution in [2.24, 2.45) is 5.92 Å². The second-order valence-electron chi connectivity index (χ2n) is 3.60. The van der Waals surface area contributed by atoms with E-state index < -0.39 is 16.8 Å². The van der Waals surface area contributed by atoms with Gasteiger partial charge in [0.1, 0.15) is 11.9 Å². The number of hydrogen-bond donors (Lipinski definition) is 2. The van der Waals surface area contributed by atoms with E-state index in [2.05, 4.69) is 10.3 Å². The van der Waals surface area contributed by atoms with Gasteiger partial charge in [0.2, 0.25) is 0 Å². The summed E-state index contributed by atoms with van der Waals surface area (Å²) in [6.07, 6.45) is 2.99. The third kappa shape index (κ3) is 3.71. The van der Waals surface area contributed by atoms with Crippen LogP contribution in [0.5, 0.6) is 0 Å². The number of pyridine rings is 1. The molecule has 0 radical (unpaired) electrons. The number of carboxylic acids is 1. The van der Waals surface area contributed by atoms with Crippen LogP contribution in [0.4, 0.5) is 11.4 Å². The average Bonchev–Trinajstić information content (AvgIpc) is 2.29. The molecule has 0 fully saturated rings. The van der Waals surface area contributed by atoms with Crippen molar-refractivity contribution in [1.82, 2.24) is 4.98 Å². The van der Waals surface area contributed by atoms with Gasteiger partial charge in [-0.25, -0.2) is 0 Å². The minimum atomic E-state index is -0.879. The minimum absolute atomic E-state index is 0.115. The largest absolute Gasteiger partial charge is 0.481 e. The van der Waals surface area contributed by atoms with Crippen LogP contribution in [-0.4, -0.2) is 27.5 Å². The van der Waals surface area contributed by atoms with E-state index >= 15 is 0 Å². The molecule has 1 heterocycles. The fourth-order valence-electron chi connectivity index (χ4n) is 1.23. The Bertz CT molecular complexity index is 422. The van der Waals surface area contributed by atoms with Gasteiger partial charge in [0.05, 0.1) is 10.8 Å². The lowest BCUT2D eigenvalue weighted by Gasteiger charge is -2.08. The number of carbonyl (C=O) groups is 1. The molecule has 1 atom stereocenters. The van der Waals surface area contributed by atoms with Gasteiger partial charge in [0, 0.05) is 12.7 Å². The van der Waals surface area contributed by atoms with E-state index in [1.165, 1.54) is 12.3 Å². The lowest BCUT2D eigenvalue weighted by atomic mass is 10.1. The number of carboxylic acid groups (broad SMARTS) is 1. The normalized spacial score (nSPS) is 11.8. The Kier molecular flexibility index (Phi) is 4.38. The summed E-state index contributed by atoms with van der Waals surface area (Å²) in [6.45, 7) is 1.95. The SMILES string of the molecule is CC(CCNc1ccncc1[N+](=O)[O-])C(=O)O. The molecule has 0 aromatic carbocycles. The first-order chi connectivity index (χ1) is 8.02. The molecule has 0 aliphatic heterocycles. The highest BCUT2D eigenvalue weighted by molar-refractivity contribution is 5.69. The van der Waals surface area contributed by atoms with Crippen LogP contribution in [0.2, 0.25) is 0 Å². The molecule has 7 nitrogen and oxygen atoms in total. The van der Waals surface area contributed by atoms with E-state index in [0.29, 0.717) is 18.7 Å². The van der Waals surface area contributed by atoms with Gasteiger partial charge in [-0.2, -0.15) is 0 Å². The molecule has 0 aliphatic rings. The molecule has 92 valence electrons. The lowest BCUT2D eigenvalue weighted by molar-refractivity contribution is -0.384.